The van der Waals surface area contributed by atoms with Crippen LogP contribution in [-0.4, -0.2) is 38.3 Å². The molecule has 4 heteroatoms. The molecule has 0 saturated carbocycles. The SMILES string of the molecule is COC1=CCC2C(C)N(C)C3CC24c2c3ccc(OC)c2OC14. The van der Waals surface area contributed by atoms with Crippen molar-refractivity contribution in [3.8, 4) is 11.5 Å². The lowest BCUT2D eigenvalue weighted by Crippen LogP contribution is -2.57. The Morgan fingerprint density at radius 2 is 2.09 bits per heavy atom. The van der Waals surface area contributed by atoms with Gasteiger partial charge in [-0.05, 0) is 50.4 Å². The topological polar surface area (TPSA) is 30.9 Å². The third-order valence-corrected chi connectivity index (χ3v) is 6.88. The normalized spacial score (nSPS) is 39.6. The number of nitrogens with zero attached hydrogens (tertiary/aromatic N) is 1. The molecule has 5 atom stereocenters. The lowest BCUT2D eigenvalue weighted by atomic mass is 9.60. The fraction of sp³-hybridized carbons (Fsp3) is 0.579. The fourth-order valence-electron chi connectivity index (χ4n) is 5.76. The maximum absolute atomic E-state index is 6.47. The Morgan fingerprint density at radius 1 is 1.26 bits per heavy atom. The van der Waals surface area contributed by atoms with Gasteiger partial charge in [-0.25, -0.2) is 0 Å². The standard InChI is InChI=1S/C19H23NO3/c1-10-12-6-8-15(22-4)18-19(12)9-13(20(10)2)11-5-7-14(21-3)17(23-18)16(11)19/h5,7-8,10,12-13,18H,6,9H2,1-4H3. The molecule has 2 heterocycles. The zero-order chi connectivity index (χ0) is 15.9. The molecule has 4 nitrogen and oxygen atoms in total. The Balaban J connectivity index is 1.82. The van der Waals surface area contributed by atoms with Crippen molar-refractivity contribution in [3.05, 3.63) is 35.1 Å². The first kappa shape index (κ1) is 13.7. The van der Waals surface area contributed by atoms with Gasteiger partial charge in [0.05, 0.1) is 19.6 Å². The number of piperidine rings is 1. The van der Waals surface area contributed by atoms with Crippen molar-refractivity contribution in [2.45, 2.75) is 43.4 Å². The van der Waals surface area contributed by atoms with Gasteiger partial charge >= 0.3 is 0 Å². The van der Waals surface area contributed by atoms with Crippen molar-refractivity contribution in [1.82, 2.24) is 4.90 Å². The molecular formula is C19H23NO3. The minimum Gasteiger partial charge on any atom is -0.497 e. The van der Waals surface area contributed by atoms with E-state index in [0.29, 0.717) is 18.0 Å². The number of rotatable bonds is 2. The van der Waals surface area contributed by atoms with Crippen LogP contribution >= 0.6 is 0 Å². The summed E-state index contributed by atoms with van der Waals surface area (Å²) in [5, 5.41) is 0. The molecule has 122 valence electrons. The first-order valence-electron chi connectivity index (χ1n) is 8.47. The highest BCUT2D eigenvalue weighted by molar-refractivity contribution is 5.64. The summed E-state index contributed by atoms with van der Waals surface area (Å²) in [6, 6.07) is 5.31. The molecule has 23 heavy (non-hydrogen) atoms. The Morgan fingerprint density at radius 3 is 2.83 bits per heavy atom. The Hall–Kier alpha value is -1.68. The largest absolute Gasteiger partial charge is 0.497 e. The average Bonchev–Trinajstić information content (AvgIpc) is 3.06. The van der Waals surface area contributed by atoms with Crippen LogP contribution in [0, 0.1) is 5.92 Å². The molecule has 0 radical (unpaired) electrons. The van der Waals surface area contributed by atoms with Gasteiger partial charge in [0, 0.05) is 17.6 Å². The van der Waals surface area contributed by atoms with Crippen LogP contribution in [0.3, 0.4) is 0 Å². The van der Waals surface area contributed by atoms with Crippen LogP contribution in [0.25, 0.3) is 0 Å². The van der Waals surface area contributed by atoms with Crippen LogP contribution < -0.4 is 9.47 Å². The second-order valence-electron chi connectivity index (χ2n) is 7.38. The minimum absolute atomic E-state index is 0.00236. The van der Waals surface area contributed by atoms with Crippen LogP contribution in [-0.2, 0) is 10.2 Å². The highest BCUT2D eigenvalue weighted by atomic mass is 16.6. The number of likely N-dealkylation sites (tertiary alicyclic amines) is 1. The van der Waals surface area contributed by atoms with Gasteiger partial charge in [-0.1, -0.05) is 6.07 Å². The molecule has 2 aliphatic heterocycles. The van der Waals surface area contributed by atoms with E-state index in [2.05, 4.69) is 37.1 Å². The smallest absolute Gasteiger partial charge is 0.166 e. The molecule has 2 bridgehead atoms. The summed E-state index contributed by atoms with van der Waals surface area (Å²) in [7, 11) is 5.75. The van der Waals surface area contributed by atoms with Crippen LogP contribution in [0.15, 0.2) is 24.0 Å². The Bertz CT molecular complexity index is 728. The van der Waals surface area contributed by atoms with E-state index < -0.39 is 0 Å². The predicted molar refractivity (Wildman–Crippen MR) is 86.9 cm³/mol. The predicted octanol–water partition coefficient (Wildman–Crippen LogP) is 3.02. The first-order chi connectivity index (χ1) is 11.1. The molecule has 1 aromatic carbocycles. The van der Waals surface area contributed by atoms with Crippen molar-refractivity contribution in [1.29, 1.82) is 0 Å². The summed E-state index contributed by atoms with van der Waals surface area (Å²) in [6.45, 7) is 2.36. The molecule has 1 aromatic rings. The third-order valence-electron chi connectivity index (χ3n) is 6.88. The van der Waals surface area contributed by atoms with Gasteiger partial charge in [0.25, 0.3) is 0 Å². The summed E-state index contributed by atoms with van der Waals surface area (Å²) in [4.78, 5) is 2.55. The molecule has 1 fully saturated rings. The van der Waals surface area contributed by atoms with Crippen LogP contribution in [0.2, 0.25) is 0 Å². The third kappa shape index (κ3) is 1.34. The zero-order valence-electron chi connectivity index (χ0n) is 14.1. The molecule has 1 spiro atoms. The van der Waals surface area contributed by atoms with Gasteiger partial charge in [0.1, 0.15) is 5.76 Å². The molecule has 0 N–H and O–H groups in total. The lowest BCUT2D eigenvalue weighted by Gasteiger charge is -2.51. The van der Waals surface area contributed by atoms with E-state index in [9.17, 15) is 0 Å². The first-order valence-corrected chi connectivity index (χ1v) is 8.47. The minimum atomic E-state index is -0.00236. The molecule has 1 saturated heterocycles. The van der Waals surface area contributed by atoms with Gasteiger partial charge in [0.15, 0.2) is 17.6 Å². The lowest BCUT2D eigenvalue weighted by molar-refractivity contribution is -0.0298. The monoisotopic (exact) mass is 313 g/mol. The van der Waals surface area contributed by atoms with Crippen LogP contribution in [0.5, 0.6) is 11.5 Å². The van der Waals surface area contributed by atoms with E-state index in [-0.39, 0.29) is 11.5 Å². The van der Waals surface area contributed by atoms with Gasteiger partial charge in [-0.15, -0.1) is 0 Å². The molecule has 5 rings (SSSR count). The Labute approximate surface area is 137 Å². The van der Waals surface area contributed by atoms with Crippen molar-refractivity contribution in [2.75, 3.05) is 21.3 Å². The van der Waals surface area contributed by atoms with Crippen LogP contribution in [0.4, 0.5) is 0 Å². The van der Waals surface area contributed by atoms with Crippen molar-refractivity contribution >= 4 is 0 Å². The molecule has 0 aromatic heterocycles. The molecule has 2 aliphatic carbocycles. The highest BCUT2D eigenvalue weighted by Gasteiger charge is 2.67. The average molecular weight is 313 g/mol. The number of allylic oxidation sites excluding steroid dienone is 1. The number of methoxy groups -OCH3 is 2. The van der Waals surface area contributed by atoms with Crippen molar-refractivity contribution < 1.29 is 14.2 Å². The second-order valence-corrected chi connectivity index (χ2v) is 7.38. The number of hydrogen-bond acceptors (Lipinski definition) is 4. The van der Waals surface area contributed by atoms with E-state index in [1.807, 2.05) is 0 Å². The number of hydrogen-bond donors (Lipinski definition) is 0. The number of ether oxygens (including phenoxy) is 3. The van der Waals surface area contributed by atoms with E-state index in [1.165, 1.54) is 11.1 Å². The summed E-state index contributed by atoms with van der Waals surface area (Å²) >= 11 is 0. The van der Waals surface area contributed by atoms with Crippen molar-refractivity contribution in [2.24, 2.45) is 5.92 Å². The summed E-state index contributed by atoms with van der Waals surface area (Å²) in [6.07, 6.45) is 4.41. The van der Waals surface area contributed by atoms with E-state index in [4.69, 9.17) is 14.2 Å². The van der Waals surface area contributed by atoms with Gasteiger partial charge in [0.2, 0.25) is 0 Å². The molecule has 4 aliphatic rings. The maximum Gasteiger partial charge on any atom is 0.166 e. The van der Waals surface area contributed by atoms with Gasteiger partial charge in [-0.3, -0.25) is 4.90 Å². The second kappa shape index (κ2) is 4.23. The zero-order valence-corrected chi connectivity index (χ0v) is 14.1. The molecule has 0 amide bonds. The Kier molecular flexibility index (Phi) is 2.53. The fourth-order valence-corrected chi connectivity index (χ4v) is 5.76. The summed E-state index contributed by atoms with van der Waals surface area (Å²) < 4.78 is 17.8. The quantitative estimate of drug-likeness (QED) is 0.840. The van der Waals surface area contributed by atoms with Crippen molar-refractivity contribution in [3.63, 3.8) is 0 Å². The molecular weight excluding hydrogens is 290 g/mol. The van der Waals surface area contributed by atoms with Crippen LogP contribution in [0.1, 0.15) is 36.9 Å². The van der Waals surface area contributed by atoms with E-state index in [0.717, 1.165) is 30.1 Å². The number of benzene rings is 1. The maximum atomic E-state index is 6.47. The number of fused-ring (bicyclic) bond motifs is 2. The summed E-state index contributed by atoms with van der Waals surface area (Å²) in [5.41, 5.74) is 2.88. The summed E-state index contributed by atoms with van der Waals surface area (Å²) in [5.74, 6) is 3.35. The van der Waals surface area contributed by atoms with E-state index >= 15 is 0 Å². The molecule has 5 unspecified atom stereocenters. The van der Waals surface area contributed by atoms with Gasteiger partial charge in [-0.2, -0.15) is 0 Å². The van der Waals surface area contributed by atoms with E-state index in [1.54, 1.807) is 14.2 Å². The highest BCUT2D eigenvalue weighted by Crippen LogP contribution is 2.68. The van der Waals surface area contributed by atoms with Gasteiger partial charge < -0.3 is 14.2 Å².